The van der Waals surface area contributed by atoms with Crippen LogP contribution in [-0.2, 0) is 0 Å². The van der Waals surface area contributed by atoms with Gasteiger partial charge in [0.1, 0.15) is 5.69 Å². The molecule has 2 aromatic carbocycles. The van der Waals surface area contributed by atoms with Crippen LogP contribution < -0.4 is 9.47 Å². The molecule has 0 N–H and O–H groups in total. The summed E-state index contributed by atoms with van der Waals surface area (Å²) in [7, 11) is 1.69. The third kappa shape index (κ3) is 4.03. The SMILES string of the molecule is COc1ccc(C(C)n2cc(-c3ccccc3)nn2)cc1OC1CCCCC1. The molecule has 0 radical (unpaired) electrons. The van der Waals surface area contributed by atoms with Crippen LogP contribution in [0.5, 0.6) is 11.5 Å². The van der Waals surface area contributed by atoms with Crippen molar-refractivity contribution in [2.24, 2.45) is 0 Å². The predicted octanol–water partition coefficient (Wildman–Crippen LogP) is 5.27. The molecule has 0 aliphatic heterocycles. The Bertz CT molecular complexity index is 901. The van der Waals surface area contributed by atoms with Crippen LogP contribution in [0, 0.1) is 0 Å². The molecule has 5 heteroatoms. The smallest absolute Gasteiger partial charge is 0.161 e. The minimum absolute atomic E-state index is 0.0459. The molecule has 1 aliphatic rings. The number of rotatable bonds is 6. The van der Waals surface area contributed by atoms with Crippen molar-refractivity contribution in [2.75, 3.05) is 7.11 Å². The molecule has 1 saturated carbocycles. The summed E-state index contributed by atoms with van der Waals surface area (Å²) in [5.41, 5.74) is 3.06. The highest BCUT2D eigenvalue weighted by atomic mass is 16.5. The van der Waals surface area contributed by atoms with E-state index in [1.807, 2.05) is 47.3 Å². The highest BCUT2D eigenvalue weighted by Crippen LogP contribution is 2.34. The molecule has 1 aliphatic carbocycles. The lowest BCUT2D eigenvalue weighted by molar-refractivity contribution is 0.149. The zero-order valence-electron chi connectivity index (χ0n) is 16.5. The van der Waals surface area contributed by atoms with Gasteiger partial charge >= 0.3 is 0 Å². The van der Waals surface area contributed by atoms with Crippen molar-refractivity contribution in [3.8, 4) is 22.8 Å². The molecule has 0 spiro atoms. The van der Waals surface area contributed by atoms with Gasteiger partial charge in [-0.1, -0.05) is 48.0 Å². The van der Waals surface area contributed by atoms with E-state index in [-0.39, 0.29) is 12.1 Å². The van der Waals surface area contributed by atoms with E-state index in [2.05, 4.69) is 29.4 Å². The maximum absolute atomic E-state index is 6.31. The van der Waals surface area contributed by atoms with E-state index in [0.29, 0.717) is 0 Å². The average Bonchev–Trinajstić information content (AvgIpc) is 3.25. The van der Waals surface area contributed by atoms with Crippen molar-refractivity contribution >= 4 is 0 Å². The van der Waals surface area contributed by atoms with Gasteiger partial charge in [0, 0.05) is 5.56 Å². The first-order valence-electron chi connectivity index (χ1n) is 10.1. The van der Waals surface area contributed by atoms with Crippen LogP contribution in [0.3, 0.4) is 0 Å². The van der Waals surface area contributed by atoms with Crippen LogP contribution in [0.2, 0.25) is 0 Å². The molecule has 0 amide bonds. The van der Waals surface area contributed by atoms with Crippen LogP contribution in [0.15, 0.2) is 54.7 Å². The van der Waals surface area contributed by atoms with Gasteiger partial charge in [-0.05, 0) is 50.3 Å². The first-order valence-corrected chi connectivity index (χ1v) is 10.1. The number of ether oxygens (including phenoxy) is 2. The molecule has 4 rings (SSSR count). The van der Waals surface area contributed by atoms with Gasteiger partial charge in [-0.3, -0.25) is 0 Å². The number of aromatic nitrogens is 3. The molecule has 1 unspecified atom stereocenters. The lowest BCUT2D eigenvalue weighted by Gasteiger charge is -2.24. The van der Waals surface area contributed by atoms with Crippen LogP contribution in [-0.4, -0.2) is 28.2 Å². The lowest BCUT2D eigenvalue weighted by Crippen LogP contribution is -2.20. The number of hydrogen-bond donors (Lipinski definition) is 0. The summed E-state index contributed by atoms with van der Waals surface area (Å²) in [6.07, 6.45) is 8.30. The Morgan fingerprint density at radius 2 is 1.79 bits per heavy atom. The molecule has 0 bridgehead atoms. The number of methoxy groups -OCH3 is 1. The standard InChI is InChI=1S/C23H27N3O2/c1-17(26-16-21(24-25-26)18-9-5-3-6-10-18)19-13-14-22(27-2)23(15-19)28-20-11-7-4-8-12-20/h3,5-6,9-10,13-17,20H,4,7-8,11-12H2,1-2H3. The first kappa shape index (κ1) is 18.5. The monoisotopic (exact) mass is 377 g/mol. The van der Waals surface area contributed by atoms with E-state index in [1.54, 1.807) is 7.11 Å². The Hall–Kier alpha value is -2.82. The van der Waals surface area contributed by atoms with Crippen LogP contribution in [0.1, 0.15) is 50.6 Å². The highest BCUT2D eigenvalue weighted by Gasteiger charge is 2.19. The molecule has 1 fully saturated rings. The van der Waals surface area contributed by atoms with Crippen LogP contribution in [0.4, 0.5) is 0 Å². The molecular formula is C23H27N3O2. The maximum atomic E-state index is 6.31. The molecule has 0 saturated heterocycles. The Balaban J connectivity index is 1.56. The highest BCUT2D eigenvalue weighted by molar-refractivity contribution is 5.57. The van der Waals surface area contributed by atoms with Crippen LogP contribution in [0.25, 0.3) is 11.3 Å². The van der Waals surface area contributed by atoms with E-state index in [4.69, 9.17) is 9.47 Å². The van der Waals surface area contributed by atoms with Crippen molar-refractivity contribution in [3.05, 3.63) is 60.3 Å². The Morgan fingerprint density at radius 3 is 2.54 bits per heavy atom. The van der Waals surface area contributed by atoms with E-state index >= 15 is 0 Å². The number of benzene rings is 2. The fourth-order valence-corrected chi connectivity index (χ4v) is 3.77. The van der Waals surface area contributed by atoms with Gasteiger partial charge in [-0.15, -0.1) is 5.10 Å². The topological polar surface area (TPSA) is 49.2 Å². The van der Waals surface area contributed by atoms with E-state index in [0.717, 1.165) is 41.2 Å². The van der Waals surface area contributed by atoms with Crippen molar-refractivity contribution < 1.29 is 9.47 Å². The van der Waals surface area contributed by atoms with Gasteiger partial charge in [0.05, 0.1) is 25.5 Å². The van der Waals surface area contributed by atoms with Gasteiger partial charge in [0.25, 0.3) is 0 Å². The second-order valence-electron chi connectivity index (χ2n) is 7.41. The van der Waals surface area contributed by atoms with Gasteiger partial charge in [0.15, 0.2) is 11.5 Å². The van der Waals surface area contributed by atoms with Crippen LogP contribution >= 0.6 is 0 Å². The van der Waals surface area contributed by atoms with Crippen molar-refractivity contribution in [2.45, 2.75) is 51.2 Å². The minimum atomic E-state index is 0.0459. The summed E-state index contributed by atoms with van der Waals surface area (Å²) in [5.74, 6) is 1.60. The van der Waals surface area contributed by atoms with Gasteiger partial charge in [-0.25, -0.2) is 4.68 Å². The lowest BCUT2D eigenvalue weighted by atomic mass is 9.97. The fraction of sp³-hybridized carbons (Fsp3) is 0.391. The minimum Gasteiger partial charge on any atom is -0.493 e. The third-order valence-electron chi connectivity index (χ3n) is 5.49. The molecule has 1 aromatic heterocycles. The second kappa shape index (κ2) is 8.46. The molecule has 146 valence electrons. The summed E-state index contributed by atoms with van der Waals surface area (Å²) in [5, 5.41) is 8.69. The zero-order valence-corrected chi connectivity index (χ0v) is 16.5. The molecular weight excluding hydrogens is 350 g/mol. The first-order chi connectivity index (χ1) is 13.7. The summed E-state index contributed by atoms with van der Waals surface area (Å²) < 4.78 is 13.7. The normalized spacial score (nSPS) is 15.9. The van der Waals surface area contributed by atoms with E-state index < -0.39 is 0 Å². The molecule has 5 nitrogen and oxygen atoms in total. The number of nitrogens with zero attached hydrogens (tertiary/aromatic N) is 3. The summed E-state index contributed by atoms with van der Waals surface area (Å²) >= 11 is 0. The quantitative estimate of drug-likeness (QED) is 0.587. The largest absolute Gasteiger partial charge is 0.493 e. The van der Waals surface area contributed by atoms with Crippen molar-refractivity contribution in [1.29, 1.82) is 0 Å². The van der Waals surface area contributed by atoms with Crippen molar-refractivity contribution in [3.63, 3.8) is 0 Å². The maximum Gasteiger partial charge on any atom is 0.161 e. The second-order valence-corrected chi connectivity index (χ2v) is 7.41. The van der Waals surface area contributed by atoms with Gasteiger partial charge in [0.2, 0.25) is 0 Å². The summed E-state index contributed by atoms with van der Waals surface area (Å²) in [4.78, 5) is 0. The van der Waals surface area contributed by atoms with Gasteiger partial charge < -0.3 is 9.47 Å². The number of hydrogen-bond acceptors (Lipinski definition) is 4. The Morgan fingerprint density at radius 1 is 1.00 bits per heavy atom. The van der Waals surface area contributed by atoms with E-state index in [9.17, 15) is 0 Å². The Labute approximate surface area is 166 Å². The molecule has 1 heterocycles. The molecule has 28 heavy (non-hydrogen) atoms. The fourth-order valence-electron chi connectivity index (χ4n) is 3.77. The Kier molecular flexibility index (Phi) is 5.60. The average molecular weight is 377 g/mol. The zero-order chi connectivity index (χ0) is 19.3. The van der Waals surface area contributed by atoms with Gasteiger partial charge in [-0.2, -0.15) is 0 Å². The third-order valence-corrected chi connectivity index (χ3v) is 5.49. The van der Waals surface area contributed by atoms with Crippen molar-refractivity contribution in [1.82, 2.24) is 15.0 Å². The summed E-state index contributed by atoms with van der Waals surface area (Å²) in [6.45, 7) is 2.12. The van der Waals surface area contributed by atoms with E-state index in [1.165, 1.54) is 19.3 Å². The predicted molar refractivity (Wildman–Crippen MR) is 110 cm³/mol. The molecule has 1 atom stereocenters. The molecule has 3 aromatic rings. The summed E-state index contributed by atoms with van der Waals surface area (Å²) in [6, 6.07) is 16.3.